The summed E-state index contributed by atoms with van der Waals surface area (Å²) < 4.78 is 38.8. The molecule has 5 heteroatoms. The third kappa shape index (κ3) is 3.48. The second-order valence-corrected chi connectivity index (χ2v) is 4.86. The Morgan fingerprint density at radius 3 is 2.63 bits per heavy atom. The Kier molecular flexibility index (Phi) is 4.47. The Balaban J connectivity index is 2.17. The number of hydrogen-bond donors (Lipinski definition) is 1. The van der Waals surface area contributed by atoms with E-state index in [1.54, 1.807) is 12.1 Å². The summed E-state index contributed by atoms with van der Waals surface area (Å²) in [6.45, 7) is 4.93. The quantitative estimate of drug-likeness (QED) is 0.906. The number of likely N-dealkylation sites (N-methyl/N-ethyl adjacent to an activating group) is 1. The summed E-state index contributed by atoms with van der Waals surface area (Å²) in [6.07, 6.45) is -3.27. The number of nitrogens with zero attached hydrogens (tertiary/aromatic N) is 1. The van der Waals surface area contributed by atoms with Gasteiger partial charge in [0.1, 0.15) is 0 Å². The molecule has 0 saturated carbocycles. The molecule has 2 nitrogen and oxygen atoms in total. The molecular weight excluding hydrogens is 253 g/mol. The molecule has 1 aliphatic heterocycles. The van der Waals surface area contributed by atoms with E-state index in [0.29, 0.717) is 18.2 Å². The summed E-state index contributed by atoms with van der Waals surface area (Å²) in [7, 11) is 0. The highest BCUT2D eigenvalue weighted by atomic mass is 19.4. The molecule has 0 amide bonds. The van der Waals surface area contributed by atoms with E-state index < -0.39 is 11.7 Å². The number of hydrogen-bond acceptors (Lipinski definition) is 2. The van der Waals surface area contributed by atoms with E-state index in [2.05, 4.69) is 10.2 Å². The molecule has 0 aliphatic carbocycles. The van der Waals surface area contributed by atoms with Gasteiger partial charge in [0.15, 0.2) is 0 Å². The van der Waals surface area contributed by atoms with Gasteiger partial charge in [-0.15, -0.1) is 0 Å². The van der Waals surface area contributed by atoms with E-state index in [9.17, 15) is 13.2 Å². The minimum Gasteiger partial charge on any atom is -0.315 e. The molecule has 1 aromatic carbocycles. The number of rotatable bonds is 4. The molecule has 19 heavy (non-hydrogen) atoms. The van der Waals surface area contributed by atoms with Crippen LogP contribution >= 0.6 is 0 Å². The van der Waals surface area contributed by atoms with Gasteiger partial charge < -0.3 is 5.32 Å². The van der Waals surface area contributed by atoms with Gasteiger partial charge in [0.05, 0.1) is 5.56 Å². The van der Waals surface area contributed by atoms with Crippen molar-refractivity contribution in [3.63, 3.8) is 0 Å². The lowest BCUT2D eigenvalue weighted by Gasteiger charge is -2.28. The molecule has 0 aromatic heterocycles. The monoisotopic (exact) mass is 272 g/mol. The maximum absolute atomic E-state index is 12.9. The Labute approximate surface area is 111 Å². The molecule has 1 aromatic rings. The molecule has 1 aliphatic rings. The predicted molar refractivity (Wildman–Crippen MR) is 68.8 cm³/mol. The fourth-order valence-corrected chi connectivity index (χ4v) is 2.60. The van der Waals surface area contributed by atoms with Crippen LogP contribution < -0.4 is 5.32 Å². The highest BCUT2D eigenvalue weighted by Crippen LogP contribution is 2.32. The van der Waals surface area contributed by atoms with E-state index in [1.165, 1.54) is 6.07 Å². The van der Waals surface area contributed by atoms with Gasteiger partial charge in [0, 0.05) is 19.1 Å². The smallest absolute Gasteiger partial charge is 0.315 e. The van der Waals surface area contributed by atoms with E-state index in [0.717, 1.165) is 32.1 Å². The second kappa shape index (κ2) is 5.92. The standard InChI is InChI=1S/C14H19F3N2/c1-2-19(12-7-8-18-9-12)10-11-5-3-4-6-13(11)14(15,16)17/h3-6,12,18H,2,7-10H2,1H3/t12-/m0/s1. The molecular formula is C14H19F3N2. The van der Waals surface area contributed by atoms with Crippen LogP contribution in [0.15, 0.2) is 24.3 Å². The fourth-order valence-electron chi connectivity index (χ4n) is 2.60. The topological polar surface area (TPSA) is 15.3 Å². The van der Waals surface area contributed by atoms with Crippen molar-refractivity contribution in [2.24, 2.45) is 0 Å². The molecule has 0 spiro atoms. The van der Waals surface area contributed by atoms with Crippen molar-refractivity contribution in [2.75, 3.05) is 19.6 Å². The molecule has 106 valence electrons. The van der Waals surface area contributed by atoms with Crippen molar-refractivity contribution >= 4 is 0 Å². The van der Waals surface area contributed by atoms with Crippen molar-refractivity contribution < 1.29 is 13.2 Å². The zero-order valence-corrected chi connectivity index (χ0v) is 11.0. The lowest BCUT2D eigenvalue weighted by atomic mass is 10.1. The minimum absolute atomic E-state index is 0.339. The van der Waals surface area contributed by atoms with Gasteiger partial charge in [-0.05, 0) is 31.1 Å². The molecule has 1 atom stereocenters. The molecule has 2 rings (SSSR count). The van der Waals surface area contributed by atoms with Gasteiger partial charge in [0.2, 0.25) is 0 Å². The summed E-state index contributed by atoms with van der Waals surface area (Å²) in [6, 6.07) is 6.20. The Morgan fingerprint density at radius 1 is 1.32 bits per heavy atom. The van der Waals surface area contributed by atoms with Crippen LogP contribution in [0, 0.1) is 0 Å². The molecule has 0 unspecified atom stereocenters. The van der Waals surface area contributed by atoms with E-state index >= 15 is 0 Å². The number of halogens is 3. The van der Waals surface area contributed by atoms with Gasteiger partial charge in [-0.3, -0.25) is 4.90 Å². The average molecular weight is 272 g/mol. The molecule has 0 radical (unpaired) electrons. The first kappa shape index (κ1) is 14.3. The third-order valence-electron chi connectivity index (χ3n) is 3.65. The summed E-state index contributed by atoms with van der Waals surface area (Å²) in [5.41, 5.74) is -0.150. The van der Waals surface area contributed by atoms with Crippen molar-refractivity contribution in [3.05, 3.63) is 35.4 Å². The maximum Gasteiger partial charge on any atom is 0.416 e. The third-order valence-corrected chi connectivity index (χ3v) is 3.65. The molecule has 1 heterocycles. The summed E-state index contributed by atoms with van der Waals surface area (Å²) in [5, 5.41) is 3.25. The Bertz CT molecular complexity index is 411. The van der Waals surface area contributed by atoms with Crippen LogP contribution in [0.25, 0.3) is 0 Å². The summed E-state index contributed by atoms with van der Waals surface area (Å²) in [4.78, 5) is 2.12. The van der Waals surface area contributed by atoms with Crippen LogP contribution in [0.5, 0.6) is 0 Å². The lowest BCUT2D eigenvalue weighted by molar-refractivity contribution is -0.138. The SMILES string of the molecule is CCN(Cc1ccccc1C(F)(F)F)[C@H]1CCNC1. The summed E-state index contributed by atoms with van der Waals surface area (Å²) in [5.74, 6) is 0. The Morgan fingerprint density at radius 2 is 2.05 bits per heavy atom. The van der Waals surface area contributed by atoms with Gasteiger partial charge >= 0.3 is 6.18 Å². The van der Waals surface area contributed by atoms with Crippen LogP contribution in [0.1, 0.15) is 24.5 Å². The van der Waals surface area contributed by atoms with E-state index in [4.69, 9.17) is 0 Å². The first-order valence-corrected chi connectivity index (χ1v) is 6.62. The molecule has 0 bridgehead atoms. The largest absolute Gasteiger partial charge is 0.416 e. The number of alkyl halides is 3. The van der Waals surface area contributed by atoms with Crippen LogP contribution in [0.4, 0.5) is 13.2 Å². The zero-order valence-electron chi connectivity index (χ0n) is 11.0. The second-order valence-electron chi connectivity index (χ2n) is 4.86. The number of nitrogens with one attached hydrogen (secondary N) is 1. The van der Waals surface area contributed by atoms with Gasteiger partial charge in [-0.2, -0.15) is 13.2 Å². The van der Waals surface area contributed by atoms with Crippen molar-refractivity contribution in [1.82, 2.24) is 10.2 Å². The van der Waals surface area contributed by atoms with Crippen molar-refractivity contribution in [1.29, 1.82) is 0 Å². The first-order chi connectivity index (χ1) is 9.02. The lowest BCUT2D eigenvalue weighted by Crippen LogP contribution is -2.36. The molecule has 1 saturated heterocycles. The Hall–Kier alpha value is -1.07. The van der Waals surface area contributed by atoms with Gasteiger partial charge in [0.25, 0.3) is 0 Å². The fraction of sp³-hybridized carbons (Fsp3) is 0.571. The predicted octanol–water partition coefficient (Wildman–Crippen LogP) is 2.89. The highest BCUT2D eigenvalue weighted by Gasteiger charge is 2.33. The average Bonchev–Trinajstić information content (AvgIpc) is 2.89. The van der Waals surface area contributed by atoms with Crippen LogP contribution in [-0.2, 0) is 12.7 Å². The first-order valence-electron chi connectivity index (χ1n) is 6.62. The molecule has 1 N–H and O–H groups in total. The van der Waals surface area contributed by atoms with Crippen LogP contribution in [0.2, 0.25) is 0 Å². The maximum atomic E-state index is 12.9. The van der Waals surface area contributed by atoms with Gasteiger partial charge in [-0.1, -0.05) is 25.1 Å². The van der Waals surface area contributed by atoms with Gasteiger partial charge in [-0.25, -0.2) is 0 Å². The van der Waals surface area contributed by atoms with Crippen LogP contribution in [0.3, 0.4) is 0 Å². The van der Waals surface area contributed by atoms with Crippen molar-refractivity contribution in [3.8, 4) is 0 Å². The van der Waals surface area contributed by atoms with E-state index in [-0.39, 0.29) is 0 Å². The normalized spacial score (nSPS) is 20.2. The van der Waals surface area contributed by atoms with Crippen molar-refractivity contribution in [2.45, 2.75) is 32.1 Å². The molecule has 1 fully saturated rings. The van der Waals surface area contributed by atoms with E-state index in [1.807, 2.05) is 6.92 Å². The highest BCUT2D eigenvalue weighted by molar-refractivity contribution is 5.29. The minimum atomic E-state index is -4.27. The zero-order chi connectivity index (χ0) is 13.9. The van der Waals surface area contributed by atoms with Crippen LogP contribution in [-0.4, -0.2) is 30.6 Å². The summed E-state index contributed by atoms with van der Waals surface area (Å²) >= 11 is 0. The number of benzene rings is 1.